The lowest BCUT2D eigenvalue weighted by Crippen LogP contribution is -2.43. The van der Waals surface area contributed by atoms with Gasteiger partial charge in [-0.1, -0.05) is 26.7 Å². The zero-order valence-electron chi connectivity index (χ0n) is 14.3. The van der Waals surface area contributed by atoms with Crippen molar-refractivity contribution in [1.82, 2.24) is 15.5 Å². The highest BCUT2D eigenvalue weighted by molar-refractivity contribution is 7.91. The number of sulfone groups is 1. The molecular weight excluding hydrogens is 318 g/mol. The molecule has 3 atom stereocenters. The van der Waals surface area contributed by atoms with Crippen molar-refractivity contribution in [2.45, 2.75) is 57.7 Å². The first kappa shape index (κ1) is 17.9. The Balaban J connectivity index is 2.13. The van der Waals surface area contributed by atoms with Crippen LogP contribution in [0.4, 0.5) is 0 Å². The van der Waals surface area contributed by atoms with Crippen LogP contribution in [-0.2, 0) is 14.6 Å². The maximum Gasteiger partial charge on any atom is 0.309 e. The first-order chi connectivity index (χ1) is 10.5. The number of nitrogens with one attached hydrogen (secondary N) is 1. The third kappa shape index (κ3) is 3.57. The van der Waals surface area contributed by atoms with Crippen molar-refractivity contribution in [2.75, 3.05) is 6.26 Å². The Morgan fingerprint density at radius 3 is 2.52 bits per heavy atom. The Hall–Kier alpha value is -1.44. The summed E-state index contributed by atoms with van der Waals surface area (Å²) in [5, 5.41) is 10.4. The van der Waals surface area contributed by atoms with Crippen molar-refractivity contribution in [3.8, 4) is 0 Å². The second-order valence-corrected chi connectivity index (χ2v) is 9.61. The molecule has 2 rings (SSSR count). The Bertz CT molecular complexity index is 681. The summed E-state index contributed by atoms with van der Waals surface area (Å²) in [6.45, 7) is 7.26. The van der Waals surface area contributed by atoms with Crippen LogP contribution < -0.4 is 5.32 Å². The zero-order chi connectivity index (χ0) is 17.4. The predicted molar refractivity (Wildman–Crippen MR) is 85.6 cm³/mol. The summed E-state index contributed by atoms with van der Waals surface area (Å²) in [6.07, 6.45) is 4.27. The predicted octanol–water partition coefficient (Wildman–Crippen LogP) is 1.90. The van der Waals surface area contributed by atoms with E-state index in [1.165, 1.54) is 20.3 Å². The molecule has 7 nitrogen and oxygen atoms in total. The van der Waals surface area contributed by atoms with Crippen molar-refractivity contribution >= 4 is 15.7 Å². The zero-order valence-corrected chi connectivity index (χ0v) is 15.1. The molecule has 0 radical (unpaired) electrons. The number of hydrogen-bond acceptors (Lipinski definition) is 6. The largest absolute Gasteiger partial charge is 0.415 e. The van der Waals surface area contributed by atoms with Gasteiger partial charge in [0.05, 0.1) is 0 Å². The third-order valence-corrected chi connectivity index (χ3v) is 7.11. The minimum atomic E-state index is -3.44. The third-order valence-electron chi connectivity index (χ3n) is 5.08. The van der Waals surface area contributed by atoms with Crippen molar-refractivity contribution in [3.63, 3.8) is 0 Å². The summed E-state index contributed by atoms with van der Waals surface area (Å²) < 4.78 is 27.6. The van der Waals surface area contributed by atoms with Crippen LogP contribution in [0.5, 0.6) is 0 Å². The molecule has 0 saturated heterocycles. The Morgan fingerprint density at radius 2 is 1.91 bits per heavy atom. The molecule has 1 N–H and O–H groups in total. The highest BCUT2D eigenvalue weighted by atomic mass is 32.2. The Morgan fingerprint density at radius 1 is 1.26 bits per heavy atom. The molecule has 0 aliphatic heterocycles. The molecule has 1 heterocycles. The van der Waals surface area contributed by atoms with E-state index in [9.17, 15) is 13.2 Å². The van der Waals surface area contributed by atoms with Crippen LogP contribution in [0.2, 0.25) is 0 Å². The van der Waals surface area contributed by atoms with Gasteiger partial charge in [-0.3, -0.25) is 4.79 Å². The maximum atomic E-state index is 12.3. The molecule has 3 unspecified atom stereocenters. The van der Waals surface area contributed by atoms with Gasteiger partial charge in [-0.15, -0.1) is 10.2 Å². The molecule has 1 amide bonds. The molecule has 0 aromatic carbocycles. The van der Waals surface area contributed by atoms with E-state index in [0.717, 1.165) is 19.1 Å². The van der Waals surface area contributed by atoms with Crippen molar-refractivity contribution in [2.24, 2.45) is 11.8 Å². The van der Waals surface area contributed by atoms with Gasteiger partial charge >= 0.3 is 11.8 Å². The Labute approximate surface area is 137 Å². The number of carbonyl (C=O) groups is 1. The van der Waals surface area contributed by atoms with Crippen molar-refractivity contribution < 1.29 is 17.6 Å². The number of carbonyl (C=O) groups excluding carboxylic acids is 1. The molecule has 1 fully saturated rings. The molecule has 1 saturated carbocycles. The van der Waals surface area contributed by atoms with E-state index in [1.54, 1.807) is 0 Å². The normalized spacial score (nSPS) is 26.0. The Kier molecular flexibility index (Phi) is 4.84. The average molecular weight is 343 g/mol. The van der Waals surface area contributed by atoms with Crippen LogP contribution in [0.3, 0.4) is 0 Å². The van der Waals surface area contributed by atoms with Gasteiger partial charge in [-0.2, -0.15) is 0 Å². The molecule has 0 spiro atoms. The van der Waals surface area contributed by atoms with Gasteiger partial charge in [-0.05, 0) is 32.1 Å². The molecule has 1 aliphatic carbocycles. The van der Waals surface area contributed by atoms with E-state index in [0.29, 0.717) is 11.8 Å². The number of hydrogen-bond donors (Lipinski definition) is 1. The lowest BCUT2D eigenvalue weighted by atomic mass is 9.78. The van der Waals surface area contributed by atoms with Gasteiger partial charge < -0.3 is 9.73 Å². The van der Waals surface area contributed by atoms with E-state index in [-0.39, 0.29) is 17.8 Å². The van der Waals surface area contributed by atoms with E-state index < -0.39 is 20.5 Å². The van der Waals surface area contributed by atoms with Gasteiger partial charge in [0, 0.05) is 12.3 Å². The topological polar surface area (TPSA) is 102 Å². The second kappa shape index (κ2) is 6.22. The lowest BCUT2D eigenvalue weighted by molar-refractivity contribution is 0.0853. The van der Waals surface area contributed by atoms with Crippen LogP contribution in [0.1, 0.15) is 63.5 Å². The van der Waals surface area contributed by atoms with Gasteiger partial charge in [0.15, 0.2) is 9.84 Å². The standard InChI is InChI=1S/C15H25N3O4S/c1-9-7-6-8-11(10(9)2)16-12(19)13-17-18-14(22-13)15(3,4)23(5,20)21/h9-11H,6-8H2,1-5H3,(H,16,19). The van der Waals surface area contributed by atoms with Crippen LogP contribution in [-0.4, -0.2) is 36.8 Å². The molecule has 1 aromatic rings. The molecular formula is C15H25N3O4S. The minimum Gasteiger partial charge on any atom is -0.415 e. The highest BCUT2D eigenvalue weighted by Gasteiger charge is 2.39. The summed E-state index contributed by atoms with van der Waals surface area (Å²) in [5.41, 5.74) is 0. The minimum absolute atomic E-state index is 0.0736. The van der Waals surface area contributed by atoms with Crippen molar-refractivity contribution in [1.29, 1.82) is 0 Å². The maximum absolute atomic E-state index is 12.3. The first-order valence-corrected chi connectivity index (χ1v) is 9.77. The monoisotopic (exact) mass is 343 g/mol. The summed E-state index contributed by atoms with van der Waals surface area (Å²) >= 11 is 0. The van der Waals surface area contributed by atoms with Gasteiger partial charge in [0.25, 0.3) is 0 Å². The van der Waals surface area contributed by atoms with Crippen LogP contribution in [0.25, 0.3) is 0 Å². The summed E-state index contributed by atoms with van der Waals surface area (Å²) in [4.78, 5) is 12.3. The van der Waals surface area contributed by atoms with Gasteiger partial charge in [0.1, 0.15) is 4.75 Å². The van der Waals surface area contributed by atoms with Gasteiger partial charge in [-0.25, -0.2) is 8.42 Å². The lowest BCUT2D eigenvalue weighted by Gasteiger charge is -2.34. The van der Waals surface area contributed by atoms with Gasteiger partial charge in [0.2, 0.25) is 5.89 Å². The van der Waals surface area contributed by atoms with Crippen LogP contribution in [0.15, 0.2) is 4.42 Å². The van der Waals surface area contributed by atoms with E-state index in [4.69, 9.17) is 4.42 Å². The molecule has 1 aliphatic rings. The summed E-state index contributed by atoms with van der Waals surface area (Å²) in [6, 6.07) is 0.0736. The van der Waals surface area contributed by atoms with E-state index in [1.807, 2.05) is 0 Å². The average Bonchev–Trinajstić information content (AvgIpc) is 2.93. The van der Waals surface area contributed by atoms with E-state index >= 15 is 0 Å². The number of aromatic nitrogens is 2. The molecule has 8 heteroatoms. The first-order valence-electron chi connectivity index (χ1n) is 7.88. The fourth-order valence-corrected chi connectivity index (χ4v) is 3.13. The molecule has 130 valence electrons. The quantitative estimate of drug-likeness (QED) is 0.896. The number of rotatable bonds is 4. The van der Waals surface area contributed by atoms with Crippen LogP contribution in [0, 0.1) is 11.8 Å². The second-order valence-electron chi connectivity index (χ2n) is 7.04. The molecule has 0 bridgehead atoms. The SMILES string of the molecule is CC1CCCC(NC(=O)c2nnc(C(C)(C)S(C)(=O)=O)o2)C1C. The van der Waals surface area contributed by atoms with E-state index in [2.05, 4.69) is 29.4 Å². The number of nitrogens with zero attached hydrogens (tertiary/aromatic N) is 2. The summed E-state index contributed by atoms with van der Waals surface area (Å²) in [7, 11) is -3.44. The van der Waals surface area contributed by atoms with Crippen LogP contribution >= 0.6 is 0 Å². The smallest absolute Gasteiger partial charge is 0.309 e. The fraction of sp³-hybridized carbons (Fsp3) is 0.800. The molecule has 1 aromatic heterocycles. The summed E-state index contributed by atoms with van der Waals surface area (Å²) in [5.74, 6) is 0.218. The fourth-order valence-electron chi connectivity index (χ4n) is 2.73. The molecule has 23 heavy (non-hydrogen) atoms. The van der Waals surface area contributed by atoms with Crippen molar-refractivity contribution in [3.05, 3.63) is 11.8 Å². The number of amides is 1. The highest BCUT2D eigenvalue weighted by Crippen LogP contribution is 2.30.